The molecule has 0 aliphatic rings. The topological polar surface area (TPSA) is 54.7 Å². The number of nitrogens with zero attached hydrogens (tertiary/aromatic N) is 1. The van der Waals surface area contributed by atoms with Crippen LogP contribution in [0.15, 0.2) is 18.2 Å². The van der Waals surface area contributed by atoms with Crippen molar-refractivity contribution >= 4 is 11.0 Å². The Labute approximate surface area is 87.5 Å². The first-order valence-corrected chi connectivity index (χ1v) is 5.10. The Kier molecular flexibility index (Phi) is 2.68. The van der Waals surface area contributed by atoms with Gasteiger partial charge < -0.3 is 10.7 Å². The number of para-hydroxylation sites is 1. The van der Waals surface area contributed by atoms with E-state index < -0.39 is 0 Å². The maximum absolute atomic E-state index is 13.4. The zero-order valence-corrected chi connectivity index (χ0v) is 8.63. The molecule has 0 aliphatic heterocycles. The molecule has 0 saturated heterocycles. The van der Waals surface area contributed by atoms with Gasteiger partial charge in [0.2, 0.25) is 0 Å². The van der Waals surface area contributed by atoms with Gasteiger partial charge in [-0.15, -0.1) is 0 Å². The molecular formula is C11H14FN3. The number of aromatic nitrogens is 2. The van der Waals surface area contributed by atoms with Crippen molar-refractivity contribution in [1.29, 1.82) is 0 Å². The molecule has 3 N–H and O–H groups in total. The molecule has 1 unspecified atom stereocenters. The summed E-state index contributed by atoms with van der Waals surface area (Å²) < 4.78 is 13.4. The van der Waals surface area contributed by atoms with Crippen LogP contribution >= 0.6 is 0 Å². The largest absolute Gasteiger partial charge is 0.342 e. The highest BCUT2D eigenvalue weighted by Gasteiger charge is 2.13. The Hall–Kier alpha value is -1.42. The molecule has 4 heteroatoms. The van der Waals surface area contributed by atoms with Gasteiger partial charge in [0.1, 0.15) is 11.3 Å². The third kappa shape index (κ3) is 1.72. The lowest BCUT2D eigenvalue weighted by Crippen LogP contribution is -2.12. The van der Waals surface area contributed by atoms with Gasteiger partial charge in [0, 0.05) is 12.5 Å². The molecule has 0 spiro atoms. The quantitative estimate of drug-likeness (QED) is 0.810. The molecular weight excluding hydrogens is 193 g/mol. The SMILES string of the molecule is CCC(CN)c1nc2c(F)cccc2[nH]1. The molecule has 1 heterocycles. The highest BCUT2D eigenvalue weighted by atomic mass is 19.1. The second-order valence-electron chi connectivity index (χ2n) is 3.60. The van der Waals surface area contributed by atoms with Gasteiger partial charge in [0.15, 0.2) is 5.82 Å². The molecule has 80 valence electrons. The molecule has 2 aromatic rings. The number of H-pyrrole nitrogens is 1. The van der Waals surface area contributed by atoms with Gasteiger partial charge in [-0.3, -0.25) is 0 Å². The van der Waals surface area contributed by atoms with E-state index in [9.17, 15) is 4.39 Å². The zero-order valence-electron chi connectivity index (χ0n) is 8.63. The van der Waals surface area contributed by atoms with Gasteiger partial charge >= 0.3 is 0 Å². The number of benzene rings is 1. The third-order valence-corrected chi connectivity index (χ3v) is 2.65. The lowest BCUT2D eigenvalue weighted by molar-refractivity contribution is 0.629. The second kappa shape index (κ2) is 3.98. The van der Waals surface area contributed by atoms with E-state index in [1.54, 1.807) is 6.07 Å². The molecule has 3 nitrogen and oxygen atoms in total. The van der Waals surface area contributed by atoms with E-state index in [1.807, 2.05) is 13.0 Å². The first-order valence-electron chi connectivity index (χ1n) is 5.10. The summed E-state index contributed by atoms with van der Waals surface area (Å²) in [5, 5.41) is 0. The molecule has 15 heavy (non-hydrogen) atoms. The Morgan fingerprint density at radius 3 is 2.93 bits per heavy atom. The third-order valence-electron chi connectivity index (χ3n) is 2.65. The fourth-order valence-electron chi connectivity index (χ4n) is 1.68. The summed E-state index contributed by atoms with van der Waals surface area (Å²) in [6, 6.07) is 4.90. The van der Waals surface area contributed by atoms with Crippen LogP contribution in [-0.2, 0) is 0 Å². The van der Waals surface area contributed by atoms with E-state index in [4.69, 9.17) is 5.73 Å². The average molecular weight is 207 g/mol. The van der Waals surface area contributed by atoms with Crippen LogP contribution < -0.4 is 5.73 Å². The van der Waals surface area contributed by atoms with Crippen LogP contribution in [0.4, 0.5) is 4.39 Å². The fourth-order valence-corrected chi connectivity index (χ4v) is 1.68. The molecule has 1 aromatic heterocycles. The molecule has 0 saturated carbocycles. The van der Waals surface area contributed by atoms with Crippen LogP contribution in [0.2, 0.25) is 0 Å². The molecule has 0 fully saturated rings. The van der Waals surface area contributed by atoms with Gasteiger partial charge in [-0.1, -0.05) is 13.0 Å². The number of fused-ring (bicyclic) bond motifs is 1. The van der Waals surface area contributed by atoms with Crippen molar-refractivity contribution in [3.63, 3.8) is 0 Å². The minimum Gasteiger partial charge on any atom is -0.342 e. The second-order valence-corrected chi connectivity index (χ2v) is 3.60. The highest BCUT2D eigenvalue weighted by molar-refractivity contribution is 5.75. The van der Waals surface area contributed by atoms with Crippen molar-refractivity contribution in [1.82, 2.24) is 9.97 Å². The first kappa shape index (κ1) is 10.1. The molecule has 0 amide bonds. The highest BCUT2D eigenvalue weighted by Crippen LogP contribution is 2.20. The number of rotatable bonds is 3. The summed E-state index contributed by atoms with van der Waals surface area (Å²) in [6.45, 7) is 2.57. The van der Waals surface area contributed by atoms with Gasteiger partial charge in [-0.2, -0.15) is 0 Å². The number of halogens is 1. The Morgan fingerprint density at radius 2 is 2.33 bits per heavy atom. The number of nitrogens with one attached hydrogen (secondary N) is 1. The maximum atomic E-state index is 13.4. The number of nitrogens with two attached hydrogens (primary N) is 1. The summed E-state index contributed by atoms with van der Waals surface area (Å²) in [4.78, 5) is 7.35. The van der Waals surface area contributed by atoms with Gasteiger partial charge in [-0.25, -0.2) is 9.37 Å². The van der Waals surface area contributed by atoms with Gasteiger partial charge in [0.05, 0.1) is 5.52 Å². The first-order chi connectivity index (χ1) is 7.26. The molecule has 1 aromatic carbocycles. The Morgan fingerprint density at radius 1 is 1.53 bits per heavy atom. The van der Waals surface area contributed by atoms with E-state index in [0.717, 1.165) is 17.8 Å². The van der Waals surface area contributed by atoms with Crippen molar-refractivity contribution < 1.29 is 4.39 Å². The van der Waals surface area contributed by atoms with Crippen LogP contribution in [-0.4, -0.2) is 16.5 Å². The van der Waals surface area contributed by atoms with Crippen molar-refractivity contribution in [3.8, 4) is 0 Å². The van der Waals surface area contributed by atoms with Crippen LogP contribution in [0.5, 0.6) is 0 Å². The number of hydrogen-bond donors (Lipinski definition) is 2. The zero-order chi connectivity index (χ0) is 10.8. The summed E-state index contributed by atoms with van der Waals surface area (Å²) in [7, 11) is 0. The van der Waals surface area contributed by atoms with Crippen molar-refractivity contribution in [2.24, 2.45) is 5.73 Å². The van der Waals surface area contributed by atoms with Crippen molar-refractivity contribution in [2.45, 2.75) is 19.3 Å². The molecule has 0 bridgehead atoms. The normalized spacial score (nSPS) is 13.3. The summed E-state index contributed by atoms with van der Waals surface area (Å²) in [5.74, 6) is 0.666. The molecule has 0 radical (unpaired) electrons. The Bertz CT molecular complexity index is 460. The van der Waals surface area contributed by atoms with Crippen molar-refractivity contribution in [2.75, 3.05) is 6.54 Å². The molecule has 1 atom stereocenters. The average Bonchev–Trinajstić information content (AvgIpc) is 2.65. The van der Waals surface area contributed by atoms with E-state index in [2.05, 4.69) is 9.97 Å². The van der Waals surface area contributed by atoms with E-state index in [-0.39, 0.29) is 11.7 Å². The summed E-state index contributed by atoms with van der Waals surface area (Å²) in [5.41, 5.74) is 6.76. The number of imidazole rings is 1. The predicted octanol–water partition coefficient (Wildman–Crippen LogP) is 2.15. The van der Waals surface area contributed by atoms with Gasteiger partial charge in [0.25, 0.3) is 0 Å². The lowest BCUT2D eigenvalue weighted by Gasteiger charge is -2.07. The minimum absolute atomic E-state index is 0.178. The monoisotopic (exact) mass is 207 g/mol. The van der Waals surface area contributed by atoms with Crippen LogP contribution in [0.25, 0.3) is 11.0 Å². The van der Waals surface area contributed by atoms with Crippen LogP contribution in [0, 0.1) is 5.82 Å². The summed E-state index contributed by atoms with van der Waals surface area (Å²) in [6.07, 6.45) is 0.901. The van der Waals surface area contributed by atoms with Gasteiger partial charge in [-0.05, 0) is 18.6 Å². The van der Waals surface area contributed by atoms with E-state index in [0.29, 0.717) is 12.1 Å². The standard InChI is InChI=1S/C11H14FN3/c1-2-7(6-13)11-14-9-5-3-4-8(12)10(9)15-11/h3-5,7H,2,6,13H2,1H3,(H,14,15). The summed E-state index contributed by atoms with van der Waals surface area (Å²) >= 11 is 0. The smallest absolute Gasteiger partial charge is 0.151 e. The fraction of sp³-hybridized carbons (Fsp3) is 0.364. The van der Waals surface area contributed by atoms with Crippen LogP contribution in [0.1, 0.15) is 25.1 Å². The maximum Gasteiger partial charge on any atom is 0.151 e. The predicted molar refractivity (Wildman–Crippen MR) is 58.1 cm³/mol. The van der Waals surface area contributed by atoms with E-state index in [1.165, 1.54) is 6.07 Å². The lowest BCUT2D eigenvalue weighted by atomic mass is 10.1. The van der Waals surface area contributed by atoms with E-state index >= 15 is 0 Å². The number of aromatic amines is 1. The Balaban J connectivity index is 2.51. The van der Waals surface area contributed by atoms with Crippen LogP contribution in [0.3, 0.4) is 0 Å². The minimum atomic E-state index is -0.290. The molecule has 0 aliphatic carbocycles. The number of hydrogen-bond acceptors (Lipinski definition) is 2. The van der Waals surface area contributed by atoms with Crippen molar-refractivity contribution in [3.05, 3.63) is 29.8 Å². The molecule has 2 rings (SSSR count).